The number of hydrogen-bond donors (Lipinski definition) is 2. The van der Waals surface area contributed by atoms with E-state index in [0.717, 1.165) is 27.7 Å². The number of methoxy groups -OCH3 is 1. The molecule has 9 heteroatoms. The number of rotatable bonds is 5. The lowest BCUT2D eigenvalue weighted by Gasteiger charge is -2.17. The third-order valence-electron chi connectivity index (χ3n) is 5.44. The molecular formula is C23H23BrN4O4. The Kier molecular flexibility index (Phi) is 5.75. The van der Waals surface area contributed by atoms with Crippen molar-refractivity contribution >= 4 is 33.1 Å². The van der Waals surface area contributed by atoms with Crippen molar-refractivity contribution in [2.75, 3.05) is 31.0 Å². The van der Waals surface area contributed by atoms with E-state index in [9.17, 15) is 0 Å². The number of aromatic nitrogens is 2. The number of benzene rings is 2. The molecule has 2 aliphatic rings. The van der Waals surface area contributed by atoms with E-state index in [1.54, 1.807) is 7.11 Å². The van der Waals surface area contributed by atoms with Crippen LogP contribution < -0.4 is 24.8 Å². The maximum absolute atomic E-state index is 6.17. The highest BCUT2D eigenvalue weighted by atomic mass is 79.9. The normalized spacial score (nSPS) is 16.8. The average Bonchev–Trinajstić information content (AvgIpc) is 3.23. The van der Waals surface area contributed by atoms with Gasteiger partial charge in [0.15, 0.2) is 17.3 Å². The molecule has 1 atom stereocenters. The van der Waals surface area contributed by atoms with E-state index in [1.807, 2.05) is 37.3 Å². The third-order valence-corrected chi connectivity index (χ3v) is 6.29. The molecule has 32 heavy (non-hydrogen) atoms. The minimum absolute atomic E-state index is 0.0225. The van der Waals surface area contributed by atoms with Gasteiger partial charge in [-0.15, -0.1) is 0 Å². The molecule has 3 heterocycles. The first-order chi connectivity index (χ1) is 15.6. The van der Waals surface area contributed by atoms with Gasteiger partial charge in [-0.2, -0.15) is 4.98 Å². The molecule has 2 aliphatic heterocycles. The first kappa shape index (κ1) is 20.8. The van der Waals surface area contributed by atoms with Crippen LogP contribution in [0.5, 0.6) is 23.1 Å². The van der Waals surface area contributed by atoms with Gasteiger partial charge in [0.1, 0.15) is 23.9 Å². The molecule has 0 saturated carbocycles. The van der Waals surface area contributed by atoms with Crippen LogP contribution in [0.1, 0.15) is 17.5 Å². The molecule has 2 aromatic carbocycles. The largest absolute Gasteiger partial charge is 0.493 e. The maximum Gasteiger partial charge on any atom is 0.248 e. The van der Waals surface area contributed by atoms with Crippen molar-refractivity contribution in [3.05, 3.63) is 52.3 Å². The van der Waals surface area contributed by atoms with Crippen LogP contribution >= 0.6 is 15.9 Å². The van der Waals surface area contributed by atoms with E-state index in [-0.39, 0.29) is 6.10 Å². The lowest BCUT2D eigenvalue weighted by molar-refractivity contribution is 0.138. The number of fused-ring (bicyclic) bond motifs is 2. The second-order valence-corrected chi connectivity index (χ2v) is 8.52. The van der Waals surface area contributed by atoms with Gasteiger partial charge >= 0.3 is 0 Å². The number of nitrogens with one attached hydrogen (secondary N) is 2. The number of anilines is 3. The number of ether oxygens (including phenoxy) is 4. The maximum atomic E-state index is 6.17. The topological polar surface area (TPSA) is 86.8 Å². The highest BCUT2D eigenvalue weighted by Gasteiger charge is 2.24. The summed E-state index contributed by atoms with van der Waals surface area (Å²) in [6.45, 7) is 3.86. The number of aryl methyl sites for hydroxylation is 1. The van der Waals surface area contributed by atoms with Crippen molar-refractivity contribution in [1.29, 1.82) is 0 Å². The summed E-state index contributed by atoms with van der Waals surface area (Å²) in [5.74, 6) is 3.01. The van der Waals surface area contributed by atoms with Crippen LogP contribution in [0.3, 0.4) is 0 Å². The van der Waals surface area contributed by atoms with E-state index in [0.29, 0.717) is 54.4 Å². The van der Waals surface area contributed by atoms with Gasteiger partial charge in [-0.05, 0) is 30.7 Å². The summed E-state index contributed by atoms with van der Waals surface area (Å²) in [7, 11) is 1.62. The molecule has 2 N–H and O–H groups in total. The summed E-state index contributed by atoms with van der Waals surface area (Å²) in [4.78, 5) is 8.76. The van der Waals surface area contributed by atoms with Gasteiger partial charge in [0.2, 0.25) is 5.88 Å². The molecule has 1 unspecified atom stereocenters. The Morgan fingerprint density at radius 2 is 2.09 bits per heavy atom. The first-order valence-corrected chi connectivity index (χ1v) is 11.1. The van der Waals surface area contributed by atoms with Gasteiger partial charge in [0.05, 0.1) is 20.3 Å². The second kappa shape index (κ2) is 8.84. The summed E-state index contributed by atoms with van der Waals surface area (Å²) < 4.78 is 24.3. The van der Waals surface area contributed by atoms with Crippen LogP contribution in [0, 0.1) is 6.92 Å². The highest BCUT2D eigenvalue weighted by Crippen LogP contribution is 2.43. The van der Waals surface area contributed by atoms with Crippen molar-refractivity contribution in [2.45, 2.75) is 26.0 Å². The Hall–Kier alpha value is -3.04. The predicted molar refractivity (Wildman–Crippen MR) is 124 cm³/mol. The molecule has 0 amide bonds. The molecule has 5 rings (SSSR count). The van der Waals surface area contributed by atoms with Crippen LogP contribution in [0.25, 0.3) is 0 Å². The minimum Gasteiger partial charge on any atom is -0.493 e. The molecule has 0 aliphatic carbocycles. The van der Waals surface area contributed by atoms with Crippen molar-refractivity contribution in [1.82, 2.24) is 9.97 Å². The molecule has 1 fully saturated rings. The predicted octanol–water partition coefficient (Wildman–Crippen LogP) is 5.19. The van der Waals surface area contributed by atoms with Gasteiger partial charge in [0, 0.05) is 34.8 Å². The van der Waals surface area contributed by atoms with Crippen LogP contribution in [0.2, 0.25) is 0 Å². The van der Waals surface area contributed by atoms with Crippen molar-refractivity contribution in [3.63, 3.8) is 0 Å². The standard InChI is InChI=1S/C23H23BrN4O4/c1-13-3-4-15(8-17(13)24)28-22-21-23(27-12-26-22)32-18-9-19(29-2)20(7-14(18)10-25-21)31-16-5-6-30-11-16/h3-4,7-9,12,16,25H,5-6,10-11H2,1-2H3,(H,26,27,28). The van der Waals surface area contributed by atoms with Crippen molar-refractivity contribution < 1.29 is 18.9 Å². The Morgan fingerprint density at radius 1 is 1.19 bits per heavy atom. The molecule has 8 nitrogen and oxygen atoms in total. The fraction of sp³-hybridized carbons (Fsp3) is 0.304. The monoisotopic (exact) mass is 498 g/mol. The summed E-state index contributed by atoms with van der Waals surface area (Å²) >= 11 is 3.57. The molecule has 1 aromatic heterocycles. The SMILES string of the molecule is COc1cc2c(cc1OC1CCOC1)CNc1c(Nc3ccc(C)c(Br)c3)ncnc1O2. The zero-order valence-electron chi connectivity index (χ0n) is 17.8. The Bertz CT molecular complexity index is 1150. The molecule has 166 valence electrons. The van der Waals surface area contributed by atoms with Crippen LogP contribution in [0.4, 0.5) is 17.2 Å². The van der Waals surface area contributed by atoms with Gasteiger partial charge < -0.3 is 29.6 Å². The Morgan fingerprint density at radius 3 is 2.88 bits per heavy atom. The summed E-state index contributed by atoms with van der Waals surface area (Å²) in [5, 5.41) is 6.76. The molecular weight excluding hydrogens is 476 g/mol. The molecule has 1 saturated heterocycles. The van der Waals surface area contributed by atoms with Gasteiger partial charge in [-0.25, -0.2) is 4.98 Å². The Labute approximate surface area is 194 Å². The van der Waals surface area contributed by atoms with E-state index < -0.39 is 0 Å². The summed E-state index contributed by atoms with van der Waals surface area (Å²) in [5.41, 5.74) is 3.68. The zero-order chi connectivity index (χ0) is 22.1. The van der Waals surface area contributed by atoms with Gasteiger partial charge in [-0.3, -0.25) is 0 Å². The first-order valence-electron chi connectivity index (χ1n) is 10.4. The minimum atomic E-state index is 0.0225. The van der Waals surface area contributed by atoms with Crippen LogP contribution in [-0.4, -0.2) is 36.4 Å². The zero-order valence-corrected chi connectivity index (χ0v) is 19.4. The average molecular weight is 499 g/mol. The quantitative estimate of drug-likeness (QED) is 0.497. The second-order valence-electron chi connectivity index (χ2n) is 7.66. The summed E-state index contributed by atoms with van der Waals surface area (Å²) in [6, 6.07) is 9.83. The fourth-order valence-electron chi connectivity index (χ4n) is 3.65. The van der Waals surface area contributed by atoms with E-state index in [2.05, 4.69) is 36.5 Å². The van der Waals surface area contributed by atoms with Crippen molar-refractivity contribution in [2.24, 2.45) is 0 Å². The lowest BCUT2D eigenvalue weighted by atomic mass is 10.1. The molecule has 0 bridgehead atoms. The number of hydrogen-bond acceptors (Lipinski definition) is 8. The summed E-state index contributed by atoms with van der Waals surface area (Å²) in [6.07, 6.45) is 2.36. The number of nitrogens with zero attached hydrogens (tertiary/aromatic N) is 2. The van der Waals surface area contributed by atoms with Gasteiger partial charge in [-0.1, -0.05) is 22.0 Å². The van der Waals surface area contributed by atoms with E-state index in [1.165, 1.54) is 6.33 Å². The highest BCUT2D eigenvalue weighted by molar-refractivity contribution is 9.10. The smallest absolute Gasteiger partial charge is 0.248 e. The number of halogens is 1. The lowest BCUT2D eigenvalue weighted by Crippen LogP contribution is -2.16. The van der Waals surface area contributed by atoms with Gasteiger partial charge in [0.25, 0.3) is 0 Å². The third kappa shape index (κ3) is 4.18. The molecule has 0 radical (unpaired) electrons. The van der Waals surface area contributed by atoms with Crippen LogP contribution in [0.15, 0.2) is 41.1 Å². The van der Waals surface area contributed by atoms with Crippen LogP contribution in [-0.2, 0) is 11.3 Å². The van der Waals surface area contributed by atoms with E-state index in [4.69, 9.17) is 18.9 Å². The molecule has 0 spiro atoms. The fourth-order valence-corrected chi connectivity index (χ4v) is 4.03. The molecule has 3 aromatic rings. The Balaban J connectivity index is 1.44. The van der Waals surface area contributed by atoms with E-state index >= 15 is 0 Å². The van der Waals surface area contributed by atoms with Crippen molar-refractivity contribution in [3.8, 4) is 23.1 Å².